The molecule has 1 aromatic heterocycles. The van der Waals surface area contributed by atoms with E-state index in [1.807, 2.05) is 50.5 Å². The van der Waals surface area contributed by atoms with Crippen molar-refractivity contribution < 1.29 is 9.59 Å². The van der Waals surface area contributed by atoms with E-state index in [4.69, 9.17) is 0 Å². The van der Waals surface area contributed by atoms with Crippen LogP contribution in [0.15, 0.2) is 42.7 Å². The Hall–Kier alpha value is -2.69. The van der Waals surface area contributed by atoms with Gasteiger partial charge in [-0.05, 0) is 48.2 Å². The average Bonchev–Trinajstić information content (AvgIpc) is 2.69. The minimum Gasteiger partial charge on any atom is -0.342 e. The van der Waals surface area contributed by atoms with E-state index in [2.05, 4.69) is 11.9 Å². The fraction of sp³-hybridized carbons (Fsp3) is 0.409. The van der Waals surface area contributed by atoms with Crippen LogP contribution in [-0.2, 0) is 4.79 Å². The molecule has 2 amide bonds. The highest BCUT2D eigenvalue weighted by Gasteiger charge is 2.35. The molecule has 1 aromatic carbocycles. The second-order valence-electron chi connectivity index (χ2n) is 7.19. The minimum atomic E-state index is -0.359. The standard InChI is InChI=1S/C22H27N3O2/c1-4-5-9-20-22(27)24(3)12-13-25(20)21(26)18-8-6-7-17(14-18)19-10-11-23-15-16(19)2/h6-8,10-11,14-15,20H,4-5,9,12-13H2,1-3H3. The van der Waals surface area contributed by atoms with Gasteiger partial charge in [0.2, 0.25) is 5.91 Å². The molecular weight excluding hydrogens is 338 g/mol. The van der Waals surface area contributed by atoms with Gasteiger partial charge in [-0.25, -0.2) is 0 Å². The van der Waals surface area contributed by atoms with Crippen molar-refractivity contribution in [1.82, 2.24) is 14.8 Å². The topological polar surface area (TPSA) is 53.5 Å². The summed E-state index contributed by atoms with van der Waals surface area (Å²) in [5.41, 5.74) is 3.75. The Balaban J connectivity index is 1.89. The van der Waals surface area contributed by atoms with E-state index < -0.39 is 0 Å². The number of hydrogen-bond donors (Lipinski definition) is 0. The number of unbranched alkanes of at least 4 members (excludes halogenated alkanes) is 1. The van der Waals surface area contributed by atoms with Crippen LogP contribution in [0.2, 0.25) is 0 Å². The summed E-state index contributed by atoms with van der Waals surface area (Å²) in [5.74, 6) is -0.0182. The van der Waals surface area contributed by atoms with Crippen molar-refractivity contribution in [2.45, 2.75) is 39.2 Å². The molecule has 0 saturated carbocycles. The highest BCUT2D eigenvalue weighted by atomic mass is 16.2. The fourth-order valence-corrected chi connectivity index (χ4v) is 3.61. The Morgan fingerprint density at radius 1 is 1.26 bits per heavy atom. The van der Waals surface area contributed by atoms with Crippen molar-refractivity contribution in [1.29, 1.82) is 0 Å². The summed E-state index contributed by atoms with van der Waals surface area (Å²) in [7, 11) is 1.82. The summed E-state index contributed by atoms with van der Waals surface area (Å²) < 4.78 is 0. The summed E-state index contributed by atoms with van der Waals surface area (Å²) in [6.07, 6.45) is 6.24. The maximum atomic E-state index is 13.2. The predicted molar refractivity (Wildman–Crippen MR) is 106 cm³/mol. The Morgan fingerprint density at radius 3 is 2.81 bits per heavy atom. The van der Waals surface area contributed by atoms with E-state index >= 15 is 0 Å². The van der Waals surface area contributed by atoms with Gasteiger partial charge in [0.05, 0.1) is 0 Å². The van der Waals surface area contributed by atoms with Gasteiger partial charge in [-0.2, -0.15) is 0 Å². The number of carbonyl (C=O) groups is 2. The van der Waals surface area contributed by atoms with Crippen molar-refractivity contribution in [3.05, 3.63) is 53.9 Å². The third-order valence-electron chi connectivity index (χ3n) is 5.25. The number of rotatable bonds is 5. The molecule has 2 heterocycles. The van der Waals surface area contributed by atoms with Crippen LogP contribution in [0.25, 0.3) is 11.1 Å². The zero-order valence-electron chi connectivity index (χ0n) is 16.3. The number of aryl methyl sites for hydroxylation is 1. The van der Waals surface area contributed by atoms with Gasteiger partial charge in [-0.1, -0.05) is 31.9 Å². The van der Waals surface area contributed by atoms with Crippen molar-refractivity contribution in [2.24, 2.45) is 0 Å². The molecule has 1 aliphatic heterocycles. The van der Waals surface area contributed by atoms with E-state index in [0.29, 0.717) is 25.1 Å². The summed E-state index contributed by atoms with van der Waals surface area (Å²) in [4.78, 5) is 33.5. The molecule has 0 spiro atoms. The van der Waals surface area contributed by atoms with E-state index in [1.165, 1.54) is 0 Å². The molecular formula is C22H27N3O2. The first-order chi connectivity index (χ1) is 13.0. The molecule has 0 radical (unpaired) electrons. The molecule has 5 nitrogen and oxygen atoms in total. The van der Waals surface area contributed by atoms with E-state index in [9.17, 15) is 9.59 Å². The lowest BCUT2D eigenvalue weighted by molar-refractivity contribution is -0.138. The Kier molecular flexibility index (Phi) is 5.89. The van der Waals surface area contributed by atoms with E-state index in [-0.39, 0.29) is 17.9 Å². The number of pyridine rings is 1. The summed E-state index contributed by atoms with van der Waals surface area (Å²) in [6.45, 7) is 5.27. The molecule has 1 unspecified atom stereocenters. The number of carbonyl (C=O) groups excluding carboxylic acids is 2. The third-order valence-corrected chi connectivity index (χ3v) is 5.25. The van der Waals surface area contributed by atoms with Gasteiger partial charge in [0.15, 0.2) is 0 Å². The van der Waals surface area contributed by atoms with Gasteiger partial charge >= 0.3 is 0 Å². The van der Waals surface area contributed by atoms with E-state index in [1.54, 1.807) is 16.0 Å². The third kappa shape index (κ3) is 4.02. The van der Waals surface area contributed by atoms with Crippen LogP contribution in [0.3, 0.4) is 0 Å². The maximum Gasteiger partial charge on any atom is 0.254 e. The molecule has 0 N–H and O–H groups in total. The highest BCUT2D eigenvalue weighted by Crippen LogP contribution is 2.25. The van der Waals surface area contributed by atoms with Gasteiger partial charge in [-0.3, -0.25) is 14.6 Å². The molecule has 27 heavy (non-hydrogen) atoms. The lowest BCUT2D eigenvalue weighted by Gasteiger charge is -2.39. The van der Waals surface area contributed by atoms with Crippen LogP contribution < -0.4 is 0 Å². The van der Waals surface area contributed by atoms with Crippen molar-refractivity contribution in [3.63, 3.8) is 0 Å². The number of amides is 2. The molecule has 0 aliphatic carbocycles. The van der Waals surface area contributed by atoms with Crippen molar-refractivity contribution in [2.75, 3.05) is 20.1 Å². The Morgan fingerprint density at radius 2 is 2.07 bits per heavy atom. The molecule has 142 valence electrons. The first-order valence-corrected chi connectivity index (χ1v) is 9.60. The van der Waals surface area contributed by atoms with Crippen LogP contribution in [0.4, 0.5) is 0 Å². The molecule has 2 aromatic rings. The predicted octanol–water partition coefficient (Wildman–Crippen LogP) is 3.53. The second-order valence-corrected chi connectivity index (χ2v) is 7.19. The van der Waals surface area contributed by atoms with Crippen LogP contribution >= 0.6 is 0 Å². The number of benzene rings is 1. The lowest BCUT2D eigenvalue weighted by atomic mass is 9.99. The molecule has 1 saturated heterocycles. The van der Waals surface area contributed by atoms with Crippen LogP contribution in [-0.4, -0.2) is 52.8 Å². The summed E-state index contributed by atoms with van der Waals surface area (Å²) in [5, 5.41) is 0. The first-order valence-electron chi connectivity index (χ1n) is 9.60. The molecule has 0 bridgehead atoms. The molecule has 1 aliphatic rings. The van der Waals surface area contributed by atoms with Crippen molar-refractivity contribution in [3.8, 4) is 11.1 Å². The number of piperazine rings is 1. The largest absolute Gasteiger partial charge is 0.342 e. The smallest absolute Gasteiger partial charge is 0.254 e. The Bertz CT molecular complexity index is 834. The molecule has 5 heteroatoms. The highest BCUT2D eigenvalue weighted by molar-refractivity contribution is 5.99. The van der Waals surface area contributed by atoms with Crippen LogP contribution in [0.5, 0.6) is 0 Å². The number of likely N-dealkylation sites (N-methyl/N-ethyl adjacent to an activating group) is 1. The first kappa shape index (κ1) is 19.1. The van der Waals surface area contributed by atoms with Gasteiger partial charge in [0.25, 0.3) is 5.91 Å². The molecule has 1 atom stereocenters. The zero-order valence-corrected chi connectivity index (χ0v) is 16.3. The summed E-state index contributed by atoms with van der Waals surface area (Å²) >= 11 is 0. The maximum absolute atomic E-state index is 13.2. The van der Waals surface area contributed by atoms with Crippen LogP contribution in [0.1, 0.15) is 42.1 Å². The number of nitrogens with zero attached hydrogens (tertiary/aromatic N) is 3. The van der Waals surface area contributed by atoms with Gasteiger partial charge < -0.3 is 9.80 Å². The normalized spacial score (nSPS) is 17.3. The van der Waals surface area contributed by atoms with Gasteiger partial charge in [0, 0.05) is 38.1 Å². The van der Waals surface area contributed by atoms with Gasteiger partial charge in [-0.15, -0.1) is 0 Å². The number of aromatic nitrogens is 1. The van der Waals surface area contributed by atoms with E-state index in [0.717, 1.165) is 29.5 Å². The SMILES string of the molecule is CCCCC1C(=O)N(C)CCN1C(=O)c1cccc(-c2ccncc2C)c1. The zero-order chi connectivity index (χ0) is 19.4. The molecule has 3 rings (SSSR count). The minimum absolute atomic E-state index is 0.0455. The quantitative estimate of drug-likeness (QED) is 0.814. The second kappa shape index (κ2) is 8.33. The fourth-order valence-electron chi connectivity index (χ4n) is 3.61. The average molecular weight is 365 g/mol. The lowest BCUT2D eigenvalue weighted by Crippen LogP contribution is -2.57. The van der Waals surface area contributed by atoms with Crippen LogP contribution in [0, 0.1) is 6.92 Å². The Labute approximate surface area is 161 Å². The van der Waals surface area contributed by atoms with Gasteiger partial charge in [0.1, 0.15) is 6.04 Å². The molecule has 1 fully saturated rings. The summed E-state index contributed by atoms with van der Waals surface area (Å²) in [6, 6.07) is 9.27. The number of hydrogen-bond acceptors (Lipinski definition) is 3. The monoisotopic (exact) mass is 365 g/mol. The van der Waals surface area contributed by atoms with Crippen molar-refractivity contribution >= 4 is 11.8 Å².